The predicted molar refractivity (Wildman–Crippen MR) is 100 cm³/mol. The number of allylic oxidation sites excluding steroid dienone is 1. The van der Waals surface area contributed by atoms with E-state index in [1.807, 2.05) is 6.42 Å². The first kappa shape index (κ1) is 17.9. The van der Waals surface area contributed by atoms with Gasteiger partial charge in [0.1, 0.15) is 22.7 Å². The lowest BCUT2D eigenvalue weighted by molar-refractivity contribution is -0.114. The maximum atomic E-state index is 12.3. The monoisotopic (exact) mass is 341 g/mol. The number of Topliss-reactive ketones (excluding diaryl/α,β-unsaturated/α-hetero) is 1. The van der Waals surface area contributed by atoms with E-state index in [-0.39, 0.29) is 16.8 Å². The minimum absolute atomic E-state index is 0.0205. The normalized spacial score (nSPS) is 26.6. The van der Waals surface area contributed by atoms with E-state index >= 15 is 0 Å². The van der Waals surface area contributed by atoms with Gasteiger partial charge in [0.15, 0.2) is 0 Å². The van der Waals surface area contributed by atoms with Gasteiger partial charge < -0.3 is 9.47 Å². The molecule has 1 aliphatic carbocycles. The number of ether oxygens (including phenoxy) is 2. The van der Waals surface area contributed by atoms with Crippen LogP contribution in [0.5, 0.6) is 11.5 Å². The van der Waals surface area contributed by atoms with Crippen LogP contribution in [0.4, 0.5) is 0 Å². The number of hydrogen-bond acceptors (Lipinski definition) is 3. The molecule has 3 nitrogen and oxygen atoms in total. The highest BCUT2D eigenvalue weighted by atomic mass is 16.5. The van der Waals surface area contributed by atoms with Gasteiger partial charge in [-0.3, -0.25) is 0 Å². The number of benzene rings is 1. The standard InChI is InChI=1S/C22H29O3/c1-15-12-19(24-5)17-8-11-22(4,25-20(17)13-15)10-7-16-6-9-21(2,3)14-18(16)23/h7,12-14H,6,8-11H2,1-5H3/q+1/b16-7+/t22-/m0/s1. The van der Waals surface area contributed by atoms with E-state index in [9.17, 15) is 4.79 Å². The van der Waals surface area contributed by atoms with Crippen LogP contribution in [0.3, 0.4) is 0 Å². The van der Waals surface area contributed by atoms with Crippen molar-refractivity contribution in [2.45, 2.75) is 65.4 Å². The summed E-state index contributed by atoms with van der Waals surface area (Å²) in [6, 6.07) is 4.15. The minimum Gasteiger partial charge on any atom is -0.496 e. The van der Waals surface area contributed by atoms with Crippen molar-refractivity contribution in [3.63, 3.8) is 0 Å². The number of fused-ring (bicyclic) bond motifs is 1. The highest BCUT2D eigenvalue weighted by Gasteiger charge is 2.39. The minimum atomic E-state index is -0.272. The molecule has 3 rings (SSSR count). The average Bonchev–Trinajstić information content (AvgIpc) is 2.52. The zero-order valence-electron chi connectivity index (χ0n) is 16.1. The van der Waals surface area contributed by atoms with Crippen molar-refractivity contribution >= 4 is 5.78 Å². The lowest BCUT2D eigenvalue weighted by atomic mass is 9.74. The van der Waals surface area contributed by atoms with Gasteiger partial charge >= 0.3 is 5.78 Å². The van der Waals surface area contributed by atoms with Crippen LogP contribution >= 0.6 is 0 Å². The van der Waals surface area contributed by atoms with Crippen LogP contribution in [-0.2, 0) is 11.2 Å². The van der Waals surface area contributed by atoms with Gasteiger partial charge in [-0.15, -0.1) is 0 Å². The Morgan fingerprint density at radius 3 is 2.68 bits per heavy atom. The van der Waals surface area contributed by atoms with Gasteiger partial charge in [0.2, 0.25) is 0 Å². The van der Waals surface area contributed by atoms with Gasteiger partial charge in [0, 0.05) is 24.5 Å². The molecular formula is C22H29O3+. The van der Waals surface area contributed by atoms with Crippen LogP contribution in [0.2, 0.25) is 0 Å². The molecule has 1 atom stereocenters. The molecular weight excluding hydrogens is 312 g/mol. The molecule has 3 heteroatoms. The molecule has 0 aromatic heterocycles. The van der Waals surface area contributed by atoms with Crippen LogP contribution in [0.1, 0.15) is 57.6 Å². The summed E-state index contributed by atoms with van der Waals surface area (Å²) in [5.41, 5.74) is 2.98. The number of rotatable bonds is 3. The quantitative estimate of drug-likeness (QED) is 0.573. The van der Waals surface area contributed by atoms with E-state index in [2.05, 4.69) is 45.9 Å². The van der Waals surface area contributed by atoms with E-state index in [0.29, 0.717) is 0 Å². The Labute approximate surface area is 151 Å². The maximum absolute atomic E-state index is 12.3. The molecule has 2 aliphatic rings. The number of aryl methyl sites for hydroxylation is 1. The van der Waals surface area contributed by atoms with Gasteiger partial charge in [0.05, 0.1) is 18.9 Å². The molecule has 0 N–H and O–H groups in total. The number of carbonyl (C=O) groups is 1. The average molecular weight is 341 g/mol. The fourth-order valence-corrected chi connectivity index (χ4v) is 3.76. The SMILES string of the molecule is COc1cc(C)cc2c1CC[C@](C)(C/C=C1\CCC(C)(C)[CH+]C1=O)O2. The first-order valence-electron chi connectivity index (χ1n) is 9.17. The molecule has 0 amide bonds. The Bertz CT molecular complexity index is 714. The fraction of sp³-hybridized carbons (Fsp3) is 0.545. The van der Waals surface area contributed by atoms with Crippen LogP contribution < -0.4 is 9.47 Å². The van der Waals surface area contributed by atoms with E-state index < -0.39 is 0 Å². The Kier molecular flexibility index (Phi) is 4.61. The molecule has 0 bridgehead atoms. The Hall–Kier alpha value is -1.90. The molecule has 1 fully saturated rings. The van der Waals surface area contributed by atoms with Crippen molar-refractivity contribution in [1.29, 1.82) is 0 Å². The molecule has 0 spiro atoms. The van der Waals surface area contributed by atoms with Gasteiger partial charge in [-0.2, -0.15) is 0 Å². The van der Waals surface area contributed by atoms with Crippen LogP contribution in [0.15, 0.2) is 23.8 Å². The van der Waals surface area contributed by atoms with Gasteiger partial charge in [-0.25, -0.2) is 4.79 Å². The van der Waals surface area contributed by atoms with Crippen molar-refractivity contribution in [2.75, 3.05) is 7.11 Å². The smallest absolute Gasteiger partial charge is 0.332 e. The third-order valence-electron chi connectivity index (χ3n) is 5.45. The van der Waals surface area contributed by atoms with E-state index in [1.165, 1.54) is 0 Å². The summed E-state index contributed by atoms with van der Waals surface area (Å²) in [7, 11) is 1.71. The highest BCUT2D eigenvalue weighted by molar-refractivity contribution is 6.03. The molecule has 1 aromatic rings. The zero-order valence-corrected chi connectivity index (χ0v) is 16.1. The number of carbonyl (C=O) groups excluding carboxylic acids is 1. The number of hydrogen-bond donors (Lipinski definition) is 0. The zero-order chi connectivity index (χ0) is 18.2. The predicted octanol–water partition coefficient (Wildman–Crippen LogP) is 5.00. The molecule has 134 valence electrons. The summed E-state index contributed by atoms with van der Waals surface area (Å²) in [5, 5.41) is 0. The van der Waals surface area contributed by atoms with Crippen LogP contribution in [-0.4, -0.2) is 18.5 Å². The first-order chi connectivity index (χ1) is 11.7. The second-order valence-electron chi connectivity index (χ2n) is 8.43. The van der Waals surface area contributed by atoms with Crippen LogP contribution in [0.25, 0.3) is 0 Å². The van der Waals surface area contributed by atoms with Gasteiger partial charge in [-0.1, -0.05) is 0 Å². The largest absolute Gasteiger partial charge is 0.496 e. The van der Waals surface area contributed by atoms with Crippen molar-refractivity contribution in [2.24, 2.45) is 5.41 Å². The molecule has 25 heavy (non-hydrogen) atoms. The third kappa shape index (κ3) is 3.86. The molecule has 1 saturated carbocycles. The van der Waals surface area contributed by atoms with Gasteiger partial charge in [0.25, 0.3) is 0 Å². The maximum Gasteiger partial charge on any atom is 0.332 e. The topological polar surface area (TPSA) is 35.5 Å². The molecule has 0 unspecified atom stereocenters. The molecule has 0 saturated heterocycles. The summed E-state index contributed by atoms with van der Waals surface area (Å²) in [4.78, 5) is 12.3. The van der Waals surface area contributed by atoms with E-state index in [0.717, 1.165) is 60.3 Å². The highest BCUT2D eigenvalue weighted by Crippen LogP contribution is 2.41. The van der Waals surface area contributed by atoms with Crippen molar-refractivity contribution in [1.82, 2.24) is 0 Å². The van der Waals surface area contributed by atoms with Crippen molar-refractivity contribution < 1.29 is 14.3 Å². The Morgan fingerprint density at radius 1 is 1.24 bits per heavy atom. The Balaban J connectivity index is 1.75. The summed E-state index contributed by atoms with van der Waals surface area (Å²) >= 11 is 0. The van der Waals surface area contributed by atoms with Crippen LogP contribution in [0, 0.1) is 18.8 Å². The number of ketones is 1. The summed E-state index contributed by atoms with van der Waals surface area (Å²) < 4.78 is 11.9. The van der Waals surface area contributed by atoms with Crippen molar-refractivity contribution in [3.8, 4) is 11.5 Å². The molecule has 0 radical (unpaired) electrons. The second kappa shape index (κ2) is 6.44. The lowest BCUT2D eigenvalue weighted by Crippen LogP contribution is -2.36. The van der Waals surface area contributed by atoms with Crippen molar-refractivity contribution in [3.05, 3.63) is 41.3 Å². The second-order valence-corrected chi connectivity index (χ2v) is 8.43. The van der Waals surface area contributed by atoms with Gasteiger partial charge in [-0.05, 0) is 64.7 Å². The summed E-state index contributed by atoms with van der Waals surface area (Å²) in [6.07, 6.45) is 8.49. The Morgan fingerprint density at radius 2 is 2.00 bits per heavy atom. The summed E-state index contributed by atoms with van der Waals surface area (Å²) in [6.45, 7) is 8.45. The molecule has 1 aromatic carbocycles. The van der Waals surface area contributed by atoms with E-state index in [1.54, 1.807) is 7.11 Å². The molecule has 1 heterocycles. The third-order valence-corrected chi connectivity index (χ3v) is 5.45. The number of methoxy groups -OCH3 is 1. The lowest BCUT2D eigenvalue weighted by Gasteiger charge is -2.35. The summed E-state index contributed by atoms with van der Waals surface area (Å²) in [5.74, 6) is 2.02. The first-order valence-corrected chi connectivity index (χ1v) is 9.17. The molecule has 1 aliphatic heterocycles. The fourth-order valence-electron chi connectivity index (χ4n) is 3.76. The van der Waals surface area contributed by atoms with E-state index in [4.69, 9.17) is 9.47 Å².